The molecule has 0 amide bonds. The summed E-state index contributed by atoms with van der Waals surface area (Å²) >= 11 is 0. The average molecular weight is 211 g/mol. The van der Waals surface area contributed by atoms with Crippen LogP contribution in [-0.4, -0.2) is 36.3 Å². The molecule has 0 aliphatic heterocycles. The molecule has 0 aromatic carbocycles. The van der Waals surface area contributed by atoms with E-state index in [1.165, 1.54) is 0 Å². The molecule has 1 N–H and O–H groups in total. The third kappa shape index (κ3) is 4.12. The number of hydrogen-bond acceptors (Lipinski definition) is 5. The van der Waals surface area contributed by atoms with Crippen molar-refractivity contribution in [1.82, 2.24) is 9.97 Å². The van der Waals surface area contributed by atoms with E-state index in [4.69, 9.17) is 9.47 Å². The Hall–Kier alpha value is -1.36. The van der Waals surface area contributed by atoms with Crippen LogP contribution in [-0.2, 0) is 4.74 Å². The molecule has 1 aromatic heterocycles. The molecule has 1 unspecified atom stereocenters. The Kier molecular flexibility index (Phi) is 4.83. The van der Waals surface area contributed by atoms with Crippen LogP contribution in [0.1, 0.15) is 13.8 Å². The van der Waals surface area contributed by atoms with Crippen LogP contribution in [0.5, 0.6) is 5.88 Å². The van der Waals surface area contributed by atoms with Gasteiger partial charge in [0.1, 0.15) is 6.10 Å². The molecular formula is C10H17N3O2. The van der Waals surface area contributed by atoms with Gasteiger partial charge in [-0.3, -0.25) is 0 Å². The Labute approximate surface area is 89.8 Å². The molecule has 0 aliphatic carbocycles. The Morgan fingerprint density at radius 1 is 1.53 bits per heavy atom. The van der Waals surface area contributed by atoms with Crippen molar-refractivity contribution in [1.29, 1.82) is 0 Å². The van der Waals surface area contributed by atoms with E-state index in [0.717, 1.165) is 0 Å². The zero-order valence-electron chi connectivity index (χ0n) is 9.36. The third-order valence-corrected chi connectivity index (χ3v) is 1.73. The van der Waals surface area contributed by atoms with Crippen molar-refractivity contribution in [3.05, 3.63) is 12.3 Å². The van der Waals surface area contributed by atoms with Gasteiger partial charge in [0.15, 0.2) is 0 Å². The fourth-order valence-corrected chi connectivity index (χ4v) is 1.05. The summed E-state index contributed by atoms with van der Waals surface area (Å²) in [7, 11) is 1.77. The molecule has 15 heavy (non-hydrogen) atoms. The van der Waals surface area contributed by atoms with Gasteiger partial charge in [0.2, 0.25) is 11.8 Å². The van der Waals surface area contributed by atoms with E-state index in [-0.39, 0.29) is 6.10 Å². The molecule has 0 radical (unpaired) electrons. The first-order valence-electron chi connectivity index (χ1n) is 5.01. The van der Waals surface area contributed by atoms with E-state index < -0.39 is 0 Å². The van der Waals surface area contributed by atoms with Crippen molar-refractivity contribution in [2.24, 2.45) is 0 Å². The molecule has 0 fully saturated rings. The van der Waals surface area contributed by atoms with Gasteiger partial charge in [0.05, 0.1) is 6.61 Å². The third-order valence-electron chi connectivity index (χ3n) is 1.73. The predicted octanol–water partition coefficient (Wildman–Crippen LogP) is 1.32. The summed E-state index contributed by atoms with van der Waals surface area (Å²) in [6.45, 7) is 5.15. The summed E-state index contributed by atoms with van der Waals surface area (Å²) in [6, 6.07) is 1.73. The zero-order valence-corrected chi connectivity index (χ0v) is 9.36. The summed E-state index contributed by atoms with van der Waals surface area (Å²) in [6.07, 6.45) is 1.64. The minimum atomic E-state index is -0.00967. The van der Waals surface area contributed by atoms with E-state index in [1.807, 2.05) is 13.8 Å². The van der Waals surface area contributed by atoms with Gasteiger partial charge in [0, 0.05) is 25.9 Å². The lowest BCUT2D eigenvalue weighted by atomic mass is 10.4. The molecule has 0 spiro atoms. The highest BCUT2D eigenvalue weighted by Crippen LogP contribution is 2.09. The fourth-order valence-electron chi connectivity index (χ4n) is 1.05. The molecular weight excluding hydrogens is 194 g/mol. The zero-order chi connectivity index (χ0) is 11.1. The van der Waals surface area contributed by atoms with Gasteiger partial charge in [-0.15, -0.1) is 0 Å². The number of nitrogens with zero attached hydrogens (tertiary/aromatic N) is 2. The van der Waals surface area contributed by atoms with Crippen LogP contribution in [0, 0.1) is 0 Å². The van der Waals surface area contributed by atoms with E-state index in [2.05, 4.69) is 15.3 Å². The van der Waals surface area contributed by atoms with Gasteiger partial charge in [-0.1, -0.05) is 0 Å². The molecule has 84 valence electrons. The Morgan fingerprint density at radius 3 is 3.00 bits per heavy atom. The predicted molar refractivity (Wildman–Crippen MR) is 58.2 cm³/mol. The number of anilines is 1. The van der Waals surface area contributed by atoms with Crippen LogP contribution in [0.15, 0.2) is 12.3 Å². The molecule has 1 heterocycles. The van der Waals surface area contributed by atoms with E-state index in [1.54, 1.807) is 19.3 Å². The normalized spacial score (nSPS) is 12.2. The van der Waals surface area contributed by atoms with Crippen LogP contribution in [0.25, 0.3) is 0 Å². The first kappa shape index (κ1) is 11.7. The first-order chi connectivity index (χ1) is 7.26. The Morgan fingerprint density at radius 2 is 2.33 bits per heavy atom. The summed E-state index contributed by atoms with van der Waals surface area (Å²) in [4.78, 5) is 8.13. The highest BCUT2D eigenvalue weighted by atomic mass is 16.5. The van der Waals surface area contributed by atoms with Gasteiger partial charge in [-0.25, -0.2) is 4.98 Å². The maximum Gasteiger partial charge on any atom is 0.225 e. The van der Waals surface area contributed by atoms with Gasteiger partial charge >= 0.3 is 0 Å². The van der Waals surface area contributed by atoms with Gasteiger partial charge in [0.25, 0.3) is 0 Å². The Bertz CT molecular complexity index is 294. The number of hydrogen-bond donors (Lipinski definition) is 1. The molecule has 5 nitrogen and oxygen atoms in total. The van der Waals surface area contributed by atoms with Crippen molar-refractivity contribution >= 4 is 5.95 Å². The molecule has 0 bridgehead atoms. The number of aromatic nitrogens is 2. The lowest BCUT2D eigenvalue weighted by Crippen LogP contribution is -2.19. The lowest BCUT2D eigenvalue weighted by molar-refractivity contribution is 0.0633. The first-order valence-corrected chi connectivity index (χ1v) is 5.01. The topological polar surface area (TPSA) is 56.3 Å². The second-order valence-corrected chi connectivity index (χ2v) is 3.06. The largest absolute Gasteiger partial charge is 0.472 e. The lowest BCUT2D eigenvalue weighted by Gasteiger charge is -2.13. The molecule has 1 rings (SSSR count). The van der Waals surface area contributed by atoms with Crippen LogP contribution < -0.4 is 10.1 Å². The highest BCUT2D eigenvalue weighted by molar-refractivity contribution is 5.26. The number of rotatable bonds is 6. The molecule has 1 atom stereocenters. The molecule has 0 saturated carbocycles. The molecule has 0 saturated heterocycles. The van der Waals surface area contributed by atoms with Crippen molar-refractivity contribution in [2.75, 3.05) is 25.6 Å². The average Bonchev–Trinajstić information content (AvgIpc) is 2.26. The quantitative estimate of drug-likeness (QED) is 0.769. The smallest absolute Gasteiger partial charge is 0.225 e. The van der Waals surface area contributed by atoms with Crippen molar-refractivity contribution < 1.29 is 9.47 Å². The summed E-state index contributed by atoms with van der Waals surface area (Å²) < 4.78 is 10.8. The van der Waals surface area contributed by atoms with E-state index in [9.17, 15) is 0 Å². The maximum atomic E-state index is 5.54. The van der Waals surface area contributed by atoms with Crippen LogP contribution in [0.4, 0.5) is 5.95 Å². The second-order valence-electron chi connectivity index (χ2n) is 3.06. The summed E-state index contributed by atoms with van der Waals surface area (Å²) in [5, 5.41) is 2.85. The van der Waals surface area contributed by atoms with Crippen LogP contribution in [0.3, 0.4) is 0 Å². The standard InChI is InChI=1S/C10H17N3O2/c1-4-14-7-8(2)15-9-5-6-12-10(11-3)13-9/h5-6,8H,4,7H2,1-3H3,(H,11,12,13). The SMILES string of the molecule is CCOCC(C)Oc1ccnc(NC)n1. The monoisotopic (exact) mass is 211 g/mol. The van der Waals surface area contributed by atoms with Crippen molar-refractivity contribution in [3.63, 3.8) is 0 Å². The van der Waals surface area contributed by atoms with Gasteiger partial charge in [-0.2, -0.15) is 4.98 Å². The van der Waals surface area contributed by atoms with Crippen LogP contribution in [0.2, 0.25) is 0 Å². The van der Waals surface area contributed by atoms with Crippen molar-refractivity contribution in [3.8, 4) is 5.88 Å². The summed E-state index contributed by atoms with van der Waals surface area (Å²) in [5.74, 6) is 1.11. The van der Waals surface area contributed by atoms with Crippen molar-refractivity contribution in [2.45, 2.75) is 20.0 Å². The van der Waals surface area contributed by atoms with Gasteiger partial charge < -0.3 is 14.8 Å². The second kappa shape index (κ2) is 6.19. The van der Waals surface area contributed by atoms with E-state index >= 15 is 0 Å². The van der Waals surface area contributed by atoms with E-state index in [0.29, 0.717) is 25.0 Å². The minimum Gasteiger partial charge on any atom is -0.472 e. The van der Waals surface area contributed by atoms with Crippen LogP contribution >= 0.6 is 0 Å². The fraction of sp³-hybridized carbons (Fsp3) is 0.600. The highest BCUT2D eigenvalue weighted by Gasteiger charge is 2.05. The molecule has 1 aromatic rings. The molecule has 5 heteroatoms. The number of nitrogens with one attached hydrogen (secondary N) is 1. The minimum absolute atomic E-state index is 0.00967. The molecule has 0 aliphatic rings. The van der Waals surface area contributed by atoms with Gasteiger partial charge in [-0.05, 0) is 13.8 Å². The summed E-state index contributed by atoms with van der Waals surface area (Å²) in [5.41, 5.74) is 0. The number of ether oxygens (including phenoxy) is 2. The maximum absolute atomic E-state index is 5.54. The Balaban J connectivity index is 2.48.